The third-order valence-electron chi connectivity index (χ3n) is 6.45. The molecule has 1 amide bonds. The van der Waals surface area contributed by atoms with Crippen molar-refractivity contribution in [3.05, 3.63) is 30.0 Å². The van der Waals surface area contributed by atoms with Crippen LogP contribution in [0.2, 0.25) is 0 Å². The van der Waals surface area contributed by atoms with Gasteiger partial charge >= 0.3 is 0 Å². The number of nitrogens with one attached hydrogen (secondary N) is 4. The van der Waals surface area contributed by atoms with Crippen molar-refractivity contribution in [2.45, 2.75) is 58.0 Å². The van der Waals surface area contributed by atoms with E-state index in [0.717, 1.165) is 31.4 Å². The first-order chi connectivity index (χ1) is 16.5. The van der Waals surface area contributed by atoms with Gasteiger partial charge in [0, 0.05) is 18.2 Å². The number of rotatable bonds is 8. The van der Waals surface area contributed by atoms with E-state index in [1.54, 1.807) is 36.4 Å². The molecule has 10 heteroatoms. The maximum atomic E-state index is 12.2. The number of carbonyl (C=O) groups is 1. The van der Waals surface area contributed by atoms with Gasteiger partial charge in [-0.1, -0.05) is 19.8 Å². The minimum atomic E-state index is -0.163. The number of fused-ring (bicyclic) bond motifs is 1. The fourth-order valence-electron chi connectivity index (χ4n) is 4.81. The molecule has 1 fully saturated rings. The fraction of sp³-hybridized carbons (Fsp3) is 0.458. The number of benzene rings is 1. The van der Waals surface area contributed by atoms with Crippen molar-refractivity contribution in [3.63, 3.8) is 0 Å². The molecule has 2 aromatic rings. The van der Waals surface area contributed by atoms with Crippen molar-refractivity contribution in [3.8, 4) is 5.75 Å². The lowest BCUT2D eigenvalue weighted by atomic mass is 10.0. The summed E-state index contributed by atoms with van der Waals surface area (Å²) in [5.41, 5.74) is 1.79. The summed E-state index contributed by atoms with van der Waals surface area (Å²) in [7, 11) is 1.55. The summed E-state index contributed by atoms with van der Waals surface area (Å²) >= 11 is 0. The Kier molecular flexibility index (Phi) is 6.95. The van der Waals surface area contributed by atoms with Gasteiger partial charge in [0.05, 0.1) is 31.4 Å². The summed E-state index contributed by atoms with van der Waals surface area (Å²) < 4.78 is 5.51. The molecule has 0 bridgehead atoms. The quantitative estimate of drug-likeness (QED) is 0.344. The normalized spacial score (nSPS) is 18.0. The largest absolute Gasteiger partial charge is 0.495 e. The Morgan fingerprint density at radius 3 is 2.71 bits per heavy atom. The van der Waals surface area contributed by atoms with Crippen LogP contribution in [0.1, 0.15) is 56.3 Å². The van der Waals surface area contributed by atoms with Crippen molar-refractivity contribution in [2.24, 2.45) is 0 Å². The number of nitrogens with zero attached hydrogens (tertiary/aromatic N) is 4. The van der Waals surface area contributed by atoms with Gasteiger partial charge in [-0.05, 0) is 44.4 Å². The maximum Gasteiger partial charge on any atom is 0.251 e. The molecule has 180 valence electrons. The third-order valence-corrected chi connectivity index (χ3v) is 6.45. The van der Waals surface area contributed by atoms with Crippen molar-refractivity contribution >= 4 is 41.2 Å². The van der Waals surface area contributed by atoms with Crippen molar-refractivity contribution in [1.29, 1.82) is 10.8 Å². The molecular weight excluding hydrogens is 432 g/mol. The second kappa shape index (κ2) is 10.1. The Labute approximate surface area is 199 Å². The number of ether oxygens (including phenoxy) is 1. The van der Waals surface area contributed by atoms with Crippen LogP contribution in [0.15, 0.2) is 24.4 Å². The first kappa shape index (κ1) is 23.5. The zero-order chi connectivity index (χ0) is 24.2. The molecule has 1 aromatic heterocycles. The number of amides is 1. The van der Waals surface area contributed by atoms with Crippen LogP contribution in [-0.4, -0.2) is 53.8 Å². The smallest absolute Gasteiger partial charge is 0.251 e. The Morgan fingerprint density at radius 2 is 2.06 bits per heavy atom. The van der Waals surface area contributed by atoms with E-state index in [-0.39, 0.29) is 11.9 Å². The number of amidine groups is 1. The Bertz CT molecular complexity index is 1080. The van der Waals surface area contributed by atoms with Gasteiger partial charge in [-0.2, -0.15) is 4.98 Å². The van der Waals surface area contributed by atoms with E-state index in [2.05, 4.69) is 27.4 Å². The summed E-state index contributed by atoms with van der Waals surface area (Å²) in [6.07, 6.45) is 8.04. The predicted octanol–water partition coefficient (Wildman–Crippen LogP) is 3.91. The standard InChI is InChI=1S/C24H32N8O2/c1-4-18-21(26)31(14-25)19-13-28-24(30-22(19)32(18)16-8-6-7-9-16)29-17-11-10-15(12-20(17)34-3)23(33)27-5-2/h10-14,16,18,25-26H,4-9H2,1-3H3,(H,27,33)(H,28,29,30)/t18-/m1/s1. The highest BCUT2D eigenvalue weighted by molar-refractivity contribution is 6.16. The van der Waals surface area contributed by atoms with Crippen molar-refractivity contribution in [1.82, 2.24) is 15.3 Å². The number of methoxy groups -OCH3 is 1. The van der Waals surface area contributed by atoms with Gasteiger partial charge in [0.15, 0.2) is 5.82 Å². The highest BCUT2D eigenvalue weighted by Gasteiger charge is 2.40. The topological polar surface area (TPSA) is 130 Å². The van der Waals surface area contributed by atoms with Gasteiger partial charge in [-0.15, -0.1) is 0 Å². The summed E-state index contributed by atoms with van der Waals surface area (Å²) in [4.78, 5) is 25.3. The number of anilines is 4. The molecule has 4 rings (SSSR count). The third kappa shape index (κ3) is 4.27. The first-order valence-electron chi connectivity index (χ1n) is 11.8. The molecule has 4 N–H and O–H groups in total. The molecule has 1 atom stereocenters. The van der Waals surface area contributed by atoms with Crippen LogP contribution >= 0.6 is 0 Å². The van der Waals surface area contributed by atoms with Gasteiger partial charge in [0.2, 0.25) is 5.95 Å². The molecule has 0 saturated heterocycles. The number of hydrogen-bond acceptors (Lipinski definition) is 8. The average molecular weight is 465 g/mol. The first-order valence-corrected chi connectivity index (χ1v) is 11.8. The van der Waals surface area contributed by atoms with Crippen LogP contribution < -0.4 is 25.2 Å². The Morgan fingerprint density at radius 1 is 1.29 bits per heavy atom. The van der Waals surface area contributed by atoms with Crippen LogP contribution in [0.5, 0.6) is 5.75 Å². The monoisotopic (exact) mass is 464 g/mol. The van der Waals surface area contributed by atoms with Gasteiger partial charge < -0.3 is 20.3 Å². The zero-order valence-corrected chi connectivity index (χ0v) is 19.9. The van der Waals surface area contributed by atoms with Gasteiger partial charge in [-0.25, -0.2) is 4.98 Å². The highest BCUT2D eigenvalue weighted by Crippen LogP contribution is 2.40. The van der Waals surface area contributed by atoms with Gasteiger partial charge in [-0.3, -0.25) is 20.5 Å². The lowest BCUT2D eigenvalue weighted by Gasteiger charge is -2.44. The lowest BCUT2D eigenvalue weighted by Crippen LogP contribution is -2.56. The summed E-state index contributed by atoms with van der Waals surface area (Å²) in [6, 6.07) is 5.35. The van der Waals surface area contributed by atoms with Crippen molar-refractivity contribution < 1.29 is 9.53 Å². The van der Waals surface area contributed by atoms with Gasteiger partial charge in [0.1, 0.15) is 17.3 Å². The molecule has 0 unspecified atom stereocenters. The van der Waals surface area contributed by atoms with E-state index in [1.165, 1.54) is 12.8 Å². The molecule has 0 spiro atoms. The van der Waals surface area contributed by atoms with Crippen LogP contribution in [0.4, 0.5) is 23.1 Å². The van der Waals surface area contributed by atoms with E-state index in [4.69, 9.17) is 20.5 Å². The molecule has 2 aliphatic rings. The maximum absolute atomic E-state index is 12.2. The minimum Gasteiger partial charge on any atom is -0.495 e. The zero-order valence-electron chi connectivity index (χ0n) is 19.9. The molecule has 1 aliphatic carbocycles. The molecule has 1 aromatic carbocycles. The summed E-state index contributed by atoms with van der Waals surface area (Å²) in [5.74, 6) is 1.84. The van der Waals surface area contributed by atoms with Crippen LogP contribution in [0, 0.1) is 10.8 Å². The molecule has 34 heavy (non-hydrogen) atoms. The molecule has 1 saturated carbocycles. The van der Waals surface area contributed by atoms with E-state index in [9.17, 15) is 4.79 Å². The van der Waals surface area contributed by atoms with E-state index < -0.39 is 0 Å². The minimum absolute atomic E-state index is 0.147. The van der Waals surface area contributed by atoms with Crippen LogP contribution in [-0.2, 0) is 0 Å². The molecule has 2 heterocycles. The van der Waals surface area contributed by atoms with E-state index in [1.807, 2.05) is 6.92 Å². The second-order valence-corrected chi connectivity index (χ2v) is 8.46. The Hall–Kier alpha value is -3.69. The van der Waals surface area contributed by atoms with E-state index in [0.29, 0.717) is 47.1 Å². The lowest BCUT2D eigenvalue weighted by molar-refractivity contribution is 0.0955. The van der Waals surface area contributed by atoms with Crippen LogP contribution in [0.25, 0.3) is 0 Å². The van der Waals surface area contributed by atoms with Gasteiger partial charge in [0.25, 0.3) is 5.91 Å². The summed E-state index contributed by atoms with van der Waals surface area (Å²) in [6.45, 7) is 4.48. The summed E-state index contributed by atoms with van der Waals surface area (Å²) in [5, 5.41) is 22.6. The average Bonchev–Trinajstić information content (AvgIpc) is 3.38. The molecule has 10 nitrogen and oxygen atoms in total. The van der Waals surface area contributed by atoms with Crippen LogP contribution in [0.3, 0.4) is 0 Å². The highest BCUT2D eigenvalue weighted by atomic mass is 16.5. The predicted molar refractivity (Wildman–Crippen MR) is 134 cm³/mol. The number of carbonyl (C=O) groups excluding carboxylic acids is 1. The SMILES string of the molecule is CCNC(=O)c1ccc(Nc2ncc3c(n2)N(C2CCCC2)[C@H](CC)C(=N)N3C=N)c(OC)c1. The number of hydrogen-bond donors (Lipinski definition) is 4. The second-order valence-electron chi connectivity index (χ2n) is 8.46. The molecule has 1 aliphatic heterocycles. The molecular formula is C24H32N8O2. The fourth-order valence-corrected chi connectivity index (χ4v) is 4.81. The Balaban J connectivity index is 1.71. The molecule has 0 radical (unpaired) electrons. The van der Waals surface area contributed by atoms with Crippen molar-refractivity contribution in [2.75, 3.05) is 28.8 Å². The number of aromatic nitrogens is 2. The van der Waals surface area contributed by atoms with E-state index >= 15 is 0 Å².